The van der Waals surface area contributed by atoms with Gasteiger partial charge < -0.3 is 5.32 Å². The molecular weight excluding hydrogens is 311 g/mol. The predicted octanol–water partition coefficient (Wildman–Crippen LogP) is 3.78. The Hall–Kier alpha value is -2.03. The maximum atomic E-state index is 11.1. The van der Waals surface area contributed by atoms with E-state index in [4.69, 9.17) is 23.2 Å². The molecule has 0 fully saturated rings. The number of anilines is 1. The van der Waals surface area contributed by atoms with Crippen molar-refractivity contribution in [3.8, 4) is 17.3 Å². The average molecular weight is 323 g/mol. The molecular formula is C14H12Cl2N4O. The van der Waals surface area contributed by atoms with E-state index in [-0.39, 0.29) is 17.3 Å². The largest absolute Gasteiger partial charge is 0.308 e. The molecule has 108 valence electrons. The van der Waals surface area contributed by atoms with Crippen LogP contribution in [0.15, 0.2) is 12.1 Å². The third-order valence-corrected chi connectivity index (χ3v) is 3.53. The molecule has 1 amide bonds. The van der Waals surface area contributed by atoms with Crippen LogP contribution in [0, 0.1) is 11.3 Å². The molecule has 7 heteroatoms. The molecule has 0 aliphatic carbocycles. The minimum absolute atomic E-state index is 0.159. The van der Waals surface area contributed by atoms with Gasteiger partial charge in [0.1, 0.15) is 11.6 Å². The molecule has 5 nitrogen and oxygen atoms in total. The fourth-order valence-electron chi connectivity index (χ4n) is 1.96. The second kappa shape index (κ2) is 6.17. The molecule has 0 aliphatic rings. The number of nitrogens with zero attached hydrogens (tertiary/aromatic N) is 2. The van der Waals surface area contributed by atoms with Gasteiger partial charge in [0.2, 0.25) is 5.91 Å². The maximum Gasteiger partial charge on any atom is 0.222 e. The Morgan fingerprint density at radius 2 is 2.05 bits per heavy atom. The summed E-state index contributed by atoms with van der Waals surface area (Å²) in [5.41, 5.74) is 2.07. The summed E-state index contributed by atoms with van der Waals surface area (Å²) in [4.78, 5) is 11.1. The van der Waals surface area contributed by atoms with Crippen LogP contribution in [0.2, 0.25) is 10.0 Å². The number of nitrogens with one attached hydrogen (secondary N) is 2. The number of rotatable bonds is 3. The molecule has 2 N–H and O–H groups in total. The van der Waals surface area contributed by atoms with Gasteiger partial charge in [0.05, 0.1) is 15.7 Å². The zero-order valence-corrected chi connectivity index (χ0v) is 12.9. The number of amides is 1. The molecule has 0 aliphatic heterocycles. The summed E-state index contributed by atoms with van der Waals surface area (Å²) in [6.45, 7) is 3.33. The van der Waals surface area contributed by atoms with Crippen molar-refractivity contribution >= 4 is 34.9 Å². The zero-order valence-electron chi connectivity index (χ0n) is 11.4. The van der Waals surface area contributed by atoms with Crippen molar-refractivity contribution in [3.05, 3.63) is 33.3 Å². The van der Waals surface area contributed by atoms with Gasteiger partial charge in [0.15, 0.2) is 5.82 Å². The van der Waals surface area contributed by atoms with E-state index in [0.29, 0.717) is 21.3 Å². The minimum atomic E-state index is -0.317. The molecule has 0 saturated carbocycles. The Morgan fingerprint density at radius 1 is 1.43 bits per heavy atom. The Kier molecular flexibility index (Phi) is 4.51. The van der Waals surface area contributed by atoms with Crippen LogP contribution in [0.5, 0.6) is 0 Å². The van der Waals surface area contributed by atoms with Crippen molar-refractivity contribution in [1.82, 2.24) is 10.2 Å². The Morgan fingerprint density at radius 3 is 2.52 bits per heavy atom. The molecule has 21 heavy (non-hydrogen) atoms. The molecule has 0 unspecified atom stereocenters. The number of aromatic nitrogens is 2. The van der Waals surface area contributed by atoms with Crippen LogP contribution >= 0.6 is 23.2 Å². The van der Waals surface area contributed by atoms with Gasteiger partial charge in [-0.05, 0) is 24.1 Å². The standard InChI is InChI=1S/C14H12Cl2N4O/c1-3-8-4-10(15)12(11(16)5-8)13-9(6-17)14(20-19-13)18-7(2)21/h4-5H,3H2,1-2H3,(H2,18,19,20,21). The second-order valence-electron chi connectivity index (χ2n) is 4.40. The van der Waals surface area contributed by atoms with Crippen LogP contribution in [0.3, 0.4) is 0 Å². The Bertz CT molecular complexity index is 723. The van der Waals surface area contributed by atoms with Crippen molar-refractivity contribution in [2.45, 2.75) is 20.3 Å². The monoisotopic (exact) mass is 322 g/mol. The van der Waals surface area contributed by atoms with Gasteiger partial charge in [-0.2, -0.15) is 10.4 Å². The fraction of sp³-hybridized carbons (Fsp3) is 0.214. The average Bonchev–Trinajstić information content (AvgIpc) is 2.79. The molecule has 0 radical (unpaired) electrons. The quantitative estimate of drug-likeness (QED) is 0.902. The van der Waals surface area contributed by atoms with Crippen LogP contribution in [0.25, 0.3) is 11.3 Å². The van der Waals surface area contributed by atoms with Crippen molar-refractivity contribution in [2.75, 3.05) is 5.32 Å². The summed E-state index contributed by atoms with van der Waals surface area (Å²) < 4.78 is 0. The van der Waals surface area contributed by atoms with Crippen LogP contribution in [-0.4, -0.2) is 16.1 Å². The first kappa shape index (κ1) is 15.4. The molecule has 2 rings (SSSR count). The van der Waals surface area contributed by atoms with E-state index in [0.717, 1.165) is 12.0 Å². The predicted molar refractivity (Wildman–Crippen MR) is 82.4 cm³/mol. The van der Waals surface area contributed by atoms with E-state index < -0.39 is 0 Å². The molecule has 0 atom stereocenters. The summed E-state index contributed by atoms with van der Waals surface area (Å²) >= 11 is 12.5. The van der Waals surface area contributed by atoms with Gasteiger partial charge in [-0.15, -0.1) is 0 Å². The van der Waals surface area contributed by atoms with Crippen molar-refractivity contribution in [1.29, 1.82) is 5.26 Å². The minimum Gasteiger partial charge on any atom is -0.308 e. The molecule has 1 heterocycles. The van der Waals surface area contributed by atoms with E-state index >= 15 is 0 Å². The van der Waals surface area contributed by atoms with Crippen LogP contribution in [0.4, 0.5) is 5.82 Å². The number of aromatic amines is 1. The number of nitriles is 1. The number of halogens is 2. The first-order valence-corrected chi connectivity index (χ1v) is 6.97. The Balaban J connectivity index is 2.61. The van der Waals surface area contributed by atoms with E-state index in [9.17, 15) is 10.1 Å². The zero-order chi connectivity index (χ0) is 15.6. The lowest BCUT2D eigenvalue weighted by atomic mass is 10.0. The van der Waals surface area contributed by atoms with E-state index in [1.54, 1.807) is 12.1 Å². The van der Waals surface area contributed by atoms with Crippen molar-refractivity contribution in [3.63, 3.8) is 0 Å². The number of hydrogen-bond acceptors (Lipinski definition) is 3. The SMILES string of the molecule is CCc1cc(Cl)c(-c2[nH]nc(NC(C)=O)c2C#N)c(Cl)c1. The molecule has 0 saturated heterocycles. The normalized spacial score (nSPS) is 10.2. The van der Waals surface area contributed by atoms with Gasteiger partial charge in [-0.1, -0.05) is 30.1 Å². The summed E-state index contributed by atoms with van der Waals surface area (Å²) in [6.07, 6.45) is 0.797. The Labute approximate surface area is 131 Å². The van der Waals surface area contributed by atoms with Crippen LogP contribution in [-0.2, 0) is 11.2 Å². The molecule has 2 aromatic rings. The maximum absolute atomic E-state index is 11.1. The molecule has 0 bridgehead atoms. The third-order valence-electron chi connectivity index (χ3n) is 2.93. The summed E-state index contributed by atoms with van der Waals surface area (Å²) in [5, 5.41) is 19.3. The van der Waals surface area contributed by atoms with E-state index in [2.05, 4.69) is 15.5 Å². The number of carbonyl (C=O) groups is 1. The van der Waals surface area contributed by atoms with Gasteiger partial charge in [-0.3, -0.25) is 9.89 Å². The number of aryl methyl sites for hydroxylation is 1. The van der Waals surface area contributed by atoms with Crippen molar-refractivity contribution < 1.29 is 4.79 Å². The number of hydrogen-bond donors (Lipinski definition) is 2. The second-order valence-corrected chi connectivity index (χ2v) is 5.22. The number of benzene rings is 1. The van der Waals surface area contributed by atoms with Crippen LogP contribution < -0.4 is 5.32 Å². The van der Waals surface area contributed by atoms with Gasteiger partial charge in [0.25, 0.3) is 0 Å². The lowest BCUT2D eigenvalue weighted by molar-refractivity contribution is -0.114. The van der Waals surface area contributed by atoms with Crippen LogP contribution in [0.1, 0.15) is 25.0 Å². The highest BCUT2D eigenvalue weighted by Crippen LogP contribution is 2.38. The first-order valence-electron chi connectivity index (χ1n) is 6.22. The van der Waals surface area contributed by atoms with Crippen molar-refractivity contribution in [2.24, 2.45) is 0 Å². The highest BCUT2D eigenvalue weighted by atomic mass is 35.5. The topological polar surface area (TPSA) is 81.6 Å². The van der Waals surface area contributed by atoms with Gasteiger partial charge in [-0.25, -0.2) is 0 Å². The molecule has 0 spiro atoms. The summed E-state index contributed by atoms with van der Waals surface area (Å²) in [5.74, 6) is -0.158. The fourth-order valence-corrected chi connectivity index (χ4v) is 2.68. The lowest BCUT2D eigenvalue weighted by Crippen LogP contribution is -2.07. The van der Waals surface area contributed by atoms with Gasteiger partial charge >= 0.3 is 0 Å². The van der Waals surface area contributed by atoms with E-state index in [1.807, 2.05) is 13.0 Å². The first-order chi connectivity index (χ1) is 9.97. The van der Waals surface area contributed by atoms with E-state index in [1.165, 1.54) is 6.92 Å². The number of carbonyl (C=O) groups excluding carboxylic acids is 1. The molecule has 1 aromatic carbocycles. The molecule has 1 aromatic heterocycles. The smallest absolute Gasteiger partial charge is 0.222 e. The lowest BCUT2D eigenvalue weighted by Gasteiger charge is -2.08. The van der Waals surface area contributed by atoms with Gasteiger partial charge in [0, 0.05) is 12.5 Å². The third kappa shape index (κ3) is 3.02. The highest BCUT2D eigenvalue weighted by molar-refractivity contribution is 6.39. The summed E-state index contributed by atoms with van der Waals surface area (Å²) in [6, 6.07) is 5.59. The summed E-state index contributed by atoms with van der Waals surface area (Å²) in [7, 11) is 0. The number of H-pyrrole nitrogens is 1. The highest BCUT2D eigenvalue weighted by Gasteiger charge is 2.20.